The van der Waals surface area contributed by atoms with Gasteiger partial charge in [0.25, 0.3) is 0 Å². The number of carbonyl (C=O) groups excluding carboxylic acids is 1. The van der Waals surface area contributed by atoms with Gasteiger partial charge in [0.1, 0.15) is 0 Å². The van der Waals surface area contributed by atoms with Crippen LogP contribution < -0.4 is 5.32 Å². The summed E-state index contributed by atoms with van der Waals surface area (Å²) < 4.78 is 0. The molecule has 1 aromatic rings. The maximum Gasteiger partial charge on any atom is 0.226 e. The van der Waals surface area contributed by atoms with Gasteiger partial charge in [-0.1, -0.05) is 15.9 Å². The number of halogens is 2. The van der Waals surface area contributed by atoms with Crippen LogP contribution in [0.3, 0.4) is 0 Å². The number of aromatic nitrogens is 1. The second kappa shape index (κ2) is 5.57. The molecule has 1 N–H and O–H groups in total. The molecular formula is C7H8BrClN2OS. The normalized spacial score (nSPS) is 10.0. The first kappa shape index (κ1) is 10.9. The van der Waals surface area contributed by atoms with Crippen LogP contribution in [0.2, 0.25) is 0 Å². The lowest BCUT2D eigenvalue weighted by Crippen LogP contribution is -2.11. The van der Waals surface area contributed by atoms with Gasteiger partial charge in [-0.2, -0.15) is 0 Å². The minimum atomic E-state index is -0.0349. The molecule has 0 aliphatic rings. The second-order valence-electron chi connectivity index (χ2n) is 2.26. The molecule has 0 bridgehead atoms. The highest BCUT2D eigenvalue weighted by Gasteiger charge is 2.04. The molecule has 0 saturated heterocycles. The largest absolute Gasteiger partial charge is 0.302 e. The van der Waals surface area contributed by atoms with Crippen molar-refractivity contribution in [2.45, 2.75) is 12.3 Å². The zero-order valence-electron chi connectivity index (χ0n) is 6.72. The molecule has 0 atom stereocenters. The molecule has 3 nitrogen and oxygen atoms in total. The van der Waals surface area contributed by atoms with E-state index in [0.29, 0.717) is 22.8 Å². The summed E-state index contributed by atoms with van der Waals surface area (Å²) in [5.74, 6) is 0.345. The number of anilines is 1. The van der Waals surface area contributed by atoms with E-state index in [9.17, 15) is 4.79 Å². The van der Waals surface area contributed by atoms with Crippen molar-refractivity contribution < 1.29 is 4.79 Å². The first-order valence-electron chi connectivity index (χ1n) is 3.62. The maximum atomic E-state index is 11.1. The molecule has 0 aromatic carbocycles. The Hall–Kier alpha value is -0.130. The molecule has 13 heavy (non-hydrogen) atoms. The standard InChI is InChI=1S/C7H8BrClN2OS/c8-2-1-6(12)11-7-10-5(3-9)4-13-7/h4H,1-3H2,(H,10,11,12). The summed E-state index contributed by atoms with van der Waals surface area (Å²) in [6.45, 7) is 0. The molecular weight excluding hydrogens is 276 g/mol. The van der Waals surface area contributed by atoms with Crippen LogP contribution in [-0.2, 0) is 10.7 Å². The molecule has 0 fully saturated rings. The summed E-state index contributed by atoms with van der Waals surface area (Å²) in [5.41, 5.74) is 0.792. The van der Waals surface area contributed by atoms with Gasteiger partial charge in [-0.3, -0.25) is 4.79 Å². The fourth-order valence-corrected chi connectivity index (χ4v) is 2.01. The number of nitrogens with one attached hydrogen (secondary N) is 1. The number of alkyl halides is 2. The molecule has 0 spiro atoms. The lowest BCUT2D eigenvalue weighted by molar-refractivity contribution is -0.115. The topological polar surface area (TPSA) is 42.0 Å². The lowest BCUT2D eigenvalue weighted by atomic mass is 10.5. The zero-order chi connectivity index (χ0) is 9.68. The van der Waals surface area contributed by atoms with Gasteiger partial charge in [-0.25, -0.2) is 4.98 Å². The van der Waals surface area contributed by atoms with Gasteiger partial charge in [-0.15, -0.1) is 22.9 Å². The summed E-state index contributed by atoms with van der Waals surface area (Å²) in [6.07, 6.45) is 0.454. The zero-order valence-corrected chi connectivity index (χ0v) is 9.88. The molecule has 1 aromatic heterocycles. The van der Waals surface area contributed by atoms with E-state index < -0.39 is 0 Å². The third kappa shape index (κ3) is 3.62. The van der Waals surface area contributed by atoms with Crippen LogP contribution in [0, 0.1) is 0 Å². The second-order valence-corrected chi connectivity index (χ2v) is 4.18. The van der Waals surface area contributed by atoms with E-state index in [1.54, 1.807) is 0 Å². The predicted molar refractivity (Wildman–Crippen MR) is 58.7 cm³/mol. The Morgan fingerprint density at radius 3 is 3.08 bits per heavy atom. The SMILES string of the molecule is O=C(CCBr)Nc1nc(CCl)cs1. The first-order chi connectivity index (χ1) is 6.26. The van der Waals surface area contributed by atoms with Crippen molar-refractivity contribution in [3.63, 3.8) is 0 Å². The molecule has 0 aliphatic heterocycles. The van der Waals surface area contributed by atoms with E-state index in [1.807, 2.05) is 5.38 Å². The van der Waals surface area contributed by atoms with E-state index in [4.69, 9.17) is 11.6 Å². The highest BCUT2D eigenvalue weighted by atomic mass is 79.9. The Labute approximate surface area is 93.6 Å². The number of carbonyl (C=O) groups is 1. The number of amides is 1. The number of hydrogen-bond acceptors (Lipinski definition) is 3. The molecule has 1 heterocycles. The molecule has 0 radical (unpaired) electrons. The van der Waals surface area contributed by atoms with Crippen LogP contribution in [0.15, 0.2) is 5.38 Å². The Kier molecular flexibility index (Phi) is 4.69. The molecule has 6 heteroatoms. The van der Waals surface area contributed by atoms with Crippen molar-refractivity contribution in [3.8, 4) is 0 Å². The van der Waals surface area contributed by atoms with Gasteiger partial charge in [0.05, 0.1) is 11.6 Å². The van der Waals surface area contributed by atoms with Crippen molar-refractivity contribution in [2.24, 2.45) is 0 Å². The van der Waals surface area contributed by atoms with Gasteiger partial charge < -0.3 is 5.32 Å². The predicted octanol–water partition coefficient (Wildman–Crippen LogP) is 2.61. The van der Waals surface area contributed by atoms with E-state index in [-0.39, 0.29) is 5.91 Å². The molecule has 0 saturated carbocycles. The molecule has 1 rings (SSSR count). The average molecular weight is 284 g/mol. The third-order valence-corrected chi connectivity index (χ3v) is 2.73. The minimum absolute atomic E-state index is 0.0349. The van der Waals surface area contributed by atoms with Crippen molar-refractivity contribution in [1.29, 1.82) is 0 Å². The Morgan fingerprint density at radius 2 is 2.54 bits per heavy atom. The number of thiazole rings is 1. The van der Waals surface area contributed by atoms with Crippen LogP contribution in [0.1, 0.15) is 12.1 Å². The van der Waals surface area contributed by atoms with Crippen LogP contribution in [0.5, 0.6) is 0 Å². The fourth-order valence-electron chi connectivity index (χ4n) is 0.693. The number of hydrogen-bond donors (Lipinski definition) is 1. The molecule has 1 amide bonds. The van der Waals surface area contributed by atoms with Gasteiger partial charge >= 0.3 is 0 Å². The highest BCUT2D eigenvalue weighted by molar-refractivity contribution is 9.09. The summed E-state index contributed by atoms with van der Waals surface area (Å²) in [6, 6.07) is 0. The van der Waals surface area contributed by atoms with Crippen molar-refractivity contribution >= 4 is 49.9 Å². The maximum absolute atomic E-state index is 11.1. The van der Waals surface area contributed by atoms with E-state index in [0.717, 1.165) is 5.69 Å². The summed E-state index contributed by atoms with van der Waals surface area (Å²) in [5, 5.41) is 5.78. The lowest BCUT2D eigenvalue weighted by Gasteiger charge is -1.97. The van der Waals surface area contributed by atoms with Gasteiger partial charge in [0, 0.05) is 17.1 Å². The molecule has 0 unspecified atom stereocenters. The Bertz CT molecular complexity index is 292. The fraction of sp³-hybridized carbons (Fsp3) is 0.429. The minimum Gasteiger partial charge on any atom is -0.302 e. The Morgan fingerprint density at radius 1 is 1.77 bits per heavy atom. The van der Waals surface area contributed by atoms with E-state index >= 15 is 0 Å². The smallest absolute Gasteiger partial charge is 0.226 e. The number of rotatable bonds is 4. The molecule has 72 valence electrons. The first-order valence-corrected chi connectivity index (χ1v) is 6.16. The quantitative estimate of drug-likeness (QED) is 0.863. The average Bonchev–Trinajstić information content (AvgIpc) is 2.52. The van der Waals surface area contributed by atoms with E-state index in [2.05, 4.69) is 26.2 Å². The van der Waals surface area contributed by atoms with Crippen molar-refractivity contribution in [3.05, 3.63) is 11.1 Å². The van der Waals surface area contributed by atoms with Crippen LogP contribution >= 0.6 is 38.9 Å². The Balaban J connectivity index is 2.49. The molecule has 0 aliphatic carbocycles. The number of nitrogens with zero attached hydrogens (tertiary/aromatic N) is 1. The third-order valence-electron chi connectivity index (χ3n) is 1.26. The monoisotopic (exact) mass is 282 g/mol. The van der Waals surface area contributed by atoms with E-state index in [1.165, 1.54) is 11.3 Å². The van der Waals surface area contributed by atoms with Crippen LogP contribution in [-0.4, -0.2) is 16.2 Å². The van der Waals surface area contributed by atoms with Crippen molar-refractivity contribution in [2.75, 3.05) is 10.6 Å². The van der Waals surface area contributed by atoms with Crippen molar-refractivity contribution in [1.82, 2.24) is 4.98 Å². The van der Waals surface area contributed by atoms with Crippen LogP contribution in [0.4, 0.5) is 5.13 Å². The van der Waals surface area contributed by atoms with Gasteiger partial charge in [-0.05, 0) is 0 Å². The summed E-state index contributed by atoms with van der Waals surface area (Å²) in [7, 11) is 0. The van der Waals surface area contributed by atoms with Gasteiger partial charge in [0.15, 0.2) is 5.13 Å². The summed E-state index contributed by atoms with van der Waals surface area (Å²) in [4.78, 5) is 15.2. The summed E-state index contributed by atoms with van der Waals surface area (Å²) >= 11 is 10.1. The van der Waals surface area contributed by atoms with Gasteiger partial charge in [0.2, 0.25) is 5.91 Å². The highest BCUT2D eigenvalue weighted by Crippen LogP contribution is 2.16. The van der Waals surface area contributed by atoms with Crippen LogP contribution in [0.25, 0.3) is 0 Å².